The first-order valence-electron chi connectivity index (χ1n) is 7.87. The molecule has 0 atom stereocenters. The van der Waals surface area contributed by atoms with Crippen molar-refractivity contribution in [2.75, 3.05) is 5.32 Å². The first-order valence-corrected chi connectivity index (χ1v) is 7.87. The Morgan fingerprint density at radius 3 is 2.88 bits per heavy atom. The summed E-state index contributed by atoms with van der Waals surface area (Å²) in [6.07, 6.45) is 3.46. The third-order valence-corrected chi connectivity index (χ3v) is 4.21. The maximum absolute atomic E-state index is 12.7. The first-order chi connectivity index (χ1) is 12.1. The molecule has 0 spiro atoms. The lowest BCUT2D eigenvalue weighted by Gasteiger charge is -2.12. The highest BCUT2D eigenvalue weighted by Gasteiger charge is 2.13. The van der Waals surface area contributed by atoms with Gasteiger partial charge in [-0.15, -0.1) is 0 Å². The van der Waals surface area contributed by atoms with Gasteiger partial charge in [0.25, 0.3) is 5.56 Å². The van der Waals surface area contributed by atoms with Gasteiger partial charge in [0.2, 0.25) is 0 Å². The van der Waals surface area contributed by atoms with Crippen molar-refractivity contribution < 1.29 is 5.11 Å². The van der Waals surface area contributed by atoms with E-state index < -0.39 is 0 Å². The second-order valence-corrected chi connectivity index (χ2v) is 6.02. The molecular weight excluding hydrogens is 318 g/mol. The van der Waals surface area contributed by atoms with E-state index in [1.807, 2.05) is 42.8 Å². The number of hydrogen-bond acceptors (Lipinski definition) is 5. The fourth-order valence-corrected chi connectivity index (χ4v) is 2.87. The number of rotatable bonds is 3. The molecule has 0 aliphatic heterocycles. The fourth-order valence-electron chi connectivity index (χ4n) is 2.87. The number of benzene rings is 1. The highest BCUT2D eigenvalue weighted by molar-refractivity contribution is 5.80. The van der Waals surface area contributed by atoms with Crippen LogP contribution in [0.5, 0.6) is 0 Å². The van der Waals surface area contributed by atoms with Crippen LogP contribution in [0, 0.1) is 6.92 Å². The molecule has 1 aromatic carbocycles. The molecule has 0 bridgehead atoms. The first kappa shape index (κ1) is 15.3. The molecule has 0 aliphatic carbocycles. The average Bonchev–Trinajstić information content (AvgIpc) is 2.97. The Kier molecular flexibility index (Phi) is 3.51. The molecule has 7 heteroatoms. The van der Waals surface area contributed by atoms with E-state index in [9.17, 15) is 9.90 Å². The summed E-state index contributed by atoms with van der Waals surface area (Å²) < 4.78 is 3.37. The van der Waals surface area contributed by atoms with Crippen LogP contribution in [0.3, 0.4) is 0 Å². The van der Waals surface area contributed by atoms with E-state index in [2.05, 4.69) is 15.3 Å². The summed E-state index contributed by atoms with van der Waals surface area (Å²) in [6.45, 7) is 1.51. The molecule has 0 amide bonds. The van der Waals surface area contributed by atoms with Crippen molar-refractivity contribution in [3.8, 4) is 0 Å². The topological polar surface area (TPSA) is 84.4 Å². The van der Waals surface area contributed by atoms with E-state index >= 15 is 0 Å². The minimum Gasteiger partial charge on any atom is -0.391 e. The summed E-state index contributed by atoms with van der Waals surface area (Å²) in [5, 5.41) is 12.8. The molecule has 7 nitrogen and oxygen atoms in total. The lowest BCUT2D eigenvalue weighted by atomic mass is 10.2. The van der Waals surface area contributed by atoms with Crippen molar-refractivity contribution in [3.05, 3.63) is 64.3 Å². The summed E-state index contributed by atoms with van der Waals surface area (Å²) >= 11 is 0. The van der Waals surface area contributed by atoms with Crippen molar-refractivity contribution in [2.45, 2.75) is 13.5 Å². The smallest absolute Gasteiger partial charge is 0.265 e. The second kappa shape index (κ2) is 5.71. The minimum atomic E-state index is -0.390. The Bertz CT molecular complexity index is 1160. The number of aryl methyl sites for hydroxylation is 2. The van der Waals surface area contributed by atoms with Crippen molar-refractivity contribution in [1.82, 2.24) is 18.9 Å². The number of nitrogens with one attached hydrogen (secondary N) is 1. The zero-order chi connectivity index (χ0) is 17.6. The molecule has 0 saturated carbocycles. The van der Waals surface area contributed by atoms with Gasteiger partial charge in [-0.05, 0) is 36.8 Å². The second-order valence-electron chi connectivity index (χ2n) is 6.02. The number of imidazole rings is 1. The van der Waals surface area contributed by atoms with Crippen molar-refractivity contribution in [1.29, 1.82) is 0 Å². The van der Waals surface area contributed by atoms with Crippen LogP contribution in [0.4, 0.5) is 11.5 Å². The predicted molar refractivity (Wildman–Crippen MR) is 96.1 cm³/mol. The SMILES string of the molecule is Cc1ccc2nc(Nc3ccc4ncn(C)c4c3)c(CO)c(=O)n2c1. The minimum absolute atomic E-state index is 0.230. The van der Waals surface area contributed by atoms with Crippen LogP contribution in [0.2, 0.25) is 0 Å². The molecule has 0 aliphatic rings. The van der Waals surface area contributed by atoms with Gasteiger partial charge in [-0.2, -0.15) is 0 Å². The molecule has 0 radical (unpaired) electrons. The van der Waals surface area contributed by atoms with Crippen LogP contribution in [-0.2, 0) is 13.7 Å². The number of anilines is 2. The quantitative estimate of drug-likeness (QED) is 0.599. The van der Waals surface area contributed by atoms with E-state index in [0.717, 1.165) is 22.3 Å². The van der Waals surface area contributed by atoms with Gasteiger partial charge in [0.15, 0.2) is 0 Å². The molecule has 0 unspecified atom stereocenters. The van der Waals surface area contributed by atoms with Gasteiger partial charge in [-0.3, -0.25) is 9.20 Å². The summed E-state index contributed by atoms with van der Waals surface area (Å²) in [5.41, 5.74) is 4.04. The van der Waals surface area contributed by atoms with Gasteiger partial charge >= 0.3 is 0 Å². The molecule has 25 heavy (non-hydrogen) atoms. The third-order valence-electron chi connectivity index (χ3n) is 4.21. The Labute approximate surface area is 143 Å². The Balaban J connectivity index is 1.85. The van der Waals surface area contributed by atoms with E-state index in [0.29, 0.717) is 11.5 Å². The Morgan fingerprint density at radius 1 is 1.24 bits per heavy atom. The summed E-state index contributed by atoms with van der Waals surface area (Å²) in [7, 11) is 1.92. The van der Waals surface area contributed by atoms with E-state index in [4.69, 9.17) is 0 Å². The van der Waals surface area contributed by atoms with Gasteiger partial charge in [-0.25, -0.2) is 9.97 Å². The van der Waals surface area contributed by atoms with Crippen LogP contribution in [0.25, 0.3) is 16.7 Å². The molecular formula is C18H17N5O2. The van der Waals surface area contributed by atoms with Crippen LogP contribution < -0.4 is 10.9 Å². The summed E-state index contributed by atoms with van der Waals surface area (Å²) in [6, 6.07) is 9.38. The summed E-state index contributed by atoms with van der Waals surface area (Å²) in [4.78, 5) is 21.4. The highest BCUT2D eigenvalue weighted by atomic mass is 16.3. The van der Waals surface area contributed by atoms with Crippen LogP contribution >= 0.6 is 0 Å². The average molecular weight is 335 g/mol. The van der Waals surface area contributed by atoms with E-state index in [1.165, 1.54) is 4.40 Å². The monoisotopic (exact) mass is 335 g/mol. The molecule has 126 valence electrons. The van der Waals surface area contributed by atoms with Gasteiger partial charge in [0.1, 0.15) is 11.5 Å². The maximum Gasteiger partial charge on any atom is 0.265 e. The fraction of sp³-hybridized carbons (Fsp3) is 0.167. The summed E-state index contributed by atoms with van der Waals surface area (Å²) in [5.74, 6) is 0.359. The normalized spacial score (nSPS) is 11.3. The van der Waals surface area contributed by atoms with Crippen molar-refractivity contribution in [3.63, 3.8) is 0 Å². The van der Waals surface area contributed by atoms with E-state index in [1.54, 1.807) is 18.6 Å². The zero-order valence-electron chi connectivity index (χ0n) is 13.9. The van der Waals surface area contributed by atoms with Gasteiger partial charge in [0.05, 0.1) is 29.5 Å². The number of aliphatic hydroxyl groups is 1. The van der Waals surface area contributed by atoms with Crippen molar-refractivity contribution in [2.24, 2.45) is 7.05 Å². The van der Waals surface area contributed by atoms with E-state index in [-0.39, 0.29) is 17.7 Å². The maximum atomic E-state index is 12.7. The Hall–Kier alpha value is -3.19. The van der Waals surface area contributed by atoms with Gasteiger partial charge < -0.3 is 15.0 Å². The molecule has 4 rings (SSSR count). The number of fused-ring (bicyclic) bond motifs is 2. The van der Waals surface area contributed by atoms with Crippen LogP contribution in [0.15, 0.2) is 47.7 Å². The lowest BCUT2D eigenvalue weighted by Crippen LogP contribution is -2.22. The predicted octanol–water partition coefficient (Wildman–Crippen LogP) is 2.13. The number of hydrogen-bond donors (Lipinski definition) is 2. The Morgan fingerprint density at radius 2 is 2.08 bits per heavy atom. The molecule has 3 heterocycles. The molecule has 3 aromatic heterocycles. The van der Waals surface area contributed by atoms with Crippen molar-refractivity contribution >= 4 is 28.2 Å². The zero-order valence-corrected chi connectivity index (χ0v) is 13.9. The van der Waals surface area contributed by atoms with Gasteiger partial charge in [-0.1, -0.05) is 6.07 Å². The largest absolute Gasteiger partial charge is 0.391 e. The number of nitrogens with zero attached hydrogens (tertiary/aromatic N) is 4. The van der Waals surface area contributed by atoms with Crippen LogP contribution in [-0.4, -0.2) is 24.0 Å². The molecule has 2 N–H and O–H groups in total. The number of pyridine rings is 1. The lowest BCUT2D eigenvalue weighted by molar-refractivity contribution is 0.280. The molecule has 0 saturated heterocycles. The molecule has 0 fully saturated rings. The van der Waals surface area contributed by atoms with Crippen LogP contribution in [0.1, 0.15) is 11.1 Å². The van der Waals surface area contributed by atoms with Gasteiger partial charge in [0, 0.05) is 18.9 Å². The highest BCUT2D eigenvalue weighted by Crippen LogP contribution is 2.22. The molecule has 4 aromatic rings. The number of aromatic nitrogens is 4. The standard InChI is InChI=1S/C18H17N5O2/c1-11-3-6-16-21-17(13(9-24)18(25)23(16)8-11)20-12-4-5-14-15(7-12)22(2)10-19-14/h3-8,10,20,24H,9H2,1-2H3. The number of aliphatic hydroxyl groups excluding tert-OH is 1. The third kappa shape index (κ3) is 2.54.